The van der Waals surface area contributed by atoms with Crippen LogP contribution in [0.1, 0.15) is 38.4 Å². The van der Waals surface area contributed by atoms with Crippen LogP contribution in [0.2, 0.25) is 0 Å². The minimum atomic E-state index is -0.507. The van der Waals surface area contributed by atoms with Crippen LogP contribution in [-0.2, 0) is 9.53 Å². The quantitative estimate of drug-likeness (QED) is 0.636. The molecule has 1 heterocycles. The molecule has 3 rings (SSSR count). The molecule has 0 atom stereocenters. The van der Waals surface area contributed by atoms with Crippen molar-refractivity contribution in [1.29, 1.82) is 0 Å². The molecular weight excluding hydrogens is 364 g/mol. The molecule has 1 N–H and O–H groups in total. The number of aryl methyl sites for hydroxylation is 4. The van der Waals surface area contributed by atoms with E-state index in [1.54, 1.807) is 6.07 Å². The highest BCUT2D eigenvalue weighted by Gasteiger charge is 2.19. The van der Waals surface area contributed by atoms with Gasteiger partial charge in [0.1, 0.15) is 0 Å². The van der Waals surface area contributed by atoms with Gasteiger partial charge in [-0.15, -0.1) is 0 Å². The van der Waals surface area contributed by atoms with E-state index in [0.717, 1.165) is 28.2 Å². The highest BCUT2D eigenvalue weighted by Crippen LogP contribution is 2.22. The van der Waals surface area contributed by atoms with Crippen LogP contribution in [0.15, 0.2) is 48.5 Å². The lowest BCUT2D eigenvalue weighted by molar-refractivity contribution is -0.119. The van der Waals surface area contributed by atoms with Crippen LogP contribution in [0, 0.1) is 34.6 Å². The summed E-state index contributed by atoms with van der Waals surface area (Å²) in [6.45, 7) is 9.44. The molecule has 1 amide bonds. The molecule has 0 radical (unpaired) electrons. The summed E-state index contributed by atoms with van der Waals surface area (Å²) >= 11 is 0. The largest absolute Gasteiger partial charge is 0.452 e. The van der Waals surface area contributed by atoms with E-state index in [9.17, 15) is 9.59 Å². The molecule has 0 fully saturated rings. The number of carbonyl (C=O) groups is 2. The summed E-state index contributed by atoms with van der Waals surface area (Å²) in [4.78, 5) is 24.8. The van der Waals surface area contributed by atoms with Crippen molar-refractivity contribution in [2.45, 2.75) is 34.6 Å². The maximum absolute atomic E-state index is 12.6. The molecule has 29 heavy (non-hydrogen) atoms. The minimum Gasteiger partial charge on any atom is -0.452 e. The second-order valence-corrected chi connectivity index (χ2v) is 7.46. The van der Waals surface area contributed by atoms with Crippen molar-refractivity contribution >= 4 is 17.6 Å². The molecule has 0 saturated heterocycles. The smallest absolute Gasteiger partial charge is 0.340 e. The molecule has 5 nitrogen and oxygen atoms in total. The van der Waals surface area contributed by atoms with Crippen LogP contribution in [0.3, 0.4) is 0 Å². The molecular formula is C24H26N2O3. The molecule has 0 aliphatic heterocycles. The van der Waals surface area contributed by atoms with E-state index in [1.807, 2.05) is 81.7 Å². The van der Waals surface area contributed by atoms with Crippen LogP contribution < -0.4 is 5.32 Å². The third-order valence-electron chi connectivity index (χ3n) is 4.78. The van der Waals surface area contributed by atoms with E-state index in [-0.39, 0.29) is 12.5 Å². The second kappa shape index (κ2) is 8.35. The van der Waals surface area contributed by atoms with Gasteiger partial charge in [0.2, 0.25) is 0 Å². The highest BCUT2D eigenvalue weighted by atomic mass is 16.5. The van der Waals surface area contributed by atoms with E-state index < -0.39 is 5.97 Å². The van der Waals surface area contributed by atoms with Crippen molar-refractivity contribution in [2.75, 3.05) is 11.9 Å². The summed E-state index contributed by atoms with van der Waals surface area (Å²) < 4.78 is 7.27. The lowest BCUT2D eigenvalue weighted by Gasteiger charge is -2.11. The van der Waals surface area contributed by atoms with Crippen LogP contribution in [-0.4, -0.2) is 23.1 Å². The van der Waals surface area contributed by atoms with Crippen molar-refractivity contribution in [3.8, 4) is 5.69 Å². The van der Waals surface area contributed by atoms with Crippen LogP contribution in [0.5, 0.6) is 0 Å². The molecule has 0 unspecified atom stereocenters. The van der Waals surface area contributed by atoms with Crippen molar-refractivity contribution < 1.29 is 14.3 Å². The first-order chi connectivity index (χ1) is 13.7. The van der Waals surface area contributed by atoms with Crippen LogP contribution in [0.25, 0.3) is 5.69 Å². The molecule has 0 saturated carbocycles. The molecule has 0 aliphatic carbocycles. The van der Waals surface area contributed by atoms with Crippen molar-refractivity contribution in [1.82, 2.24) is 4.57 Å². The van der Waals surface area contributed by atoms with Crippen molar-refractivity contribution in [3.63, 3.8) is 0 Å². The van der Waals surface area contributed by atoms with Gasteiger partial charge in [0.05, 0.1) is 5.56 Å². The number of anilines is 1. The Morgan fingerprint density at radius 1 is 0.862 bits per heavy atom. The maximum atomic E-state index is 12.6. The first-order valence-electron chi connectivity index (χ1n) is 9.56. The number of hydrogen-bond donors (Lipinski definition) is 1. The summed E-state index contributed by atoms with van der Waals surface area (Å²) in [6.07, 6.45) is 0. The third-order valence-corrected chi connectivity index (χ3v) is 4.78. The highest BCUT2D eigenvalue weighted by molar-refractivity contribution is 5.96. The normalized spacial score (nSPS) is 10.7. The van der Waals surface area contributed by atoms with E-state index in [2.05, 4.69) is 5.32 Å². The zero-order valence-electron chi connectivity index (χ0n) is 17.5. The molecule has 2 aromatic carbocycles. The zero-order chi connectivity index (χ0) is 21.1. The molecule has 0 spiro atoms. The van der Waals surface area contributed by atoms with E-state index in [4.69, 9.17) is 4.74 Å². The molecule has 0 bridgehead atoms. The summed E-state index contributed by atoms with van der Waals surface area (Å²) in [5.74, 6) is -0.872. The summed E-state index contributed by atoms with van der Waals surface area (Å²) in [6, 6.07) is 15.7. The van der Waals surface area contributed by atoms with E-state index >= 15 is 0 Å². The Kier molecular flexibility index (Phi) is 5.87. The Hall–Kier alpha value is -3.34. The number of carbonyl (C=O) groups excluding carboxylic acids is 2. The number of nitrogens with one attached hydrogen (secondary N) is 1. The fourth-order valence-electron chi connectivity index (χ4n) is 3.51. The number of hydrogen-bond acceptors (Lipinski definition) is 3. The predicted molar refractivity (Wildman–Crippen MR) is 115 cm³/mol. The average Bonchev–Trinajstić information content (AvgIpc) is 2.94. The van der Waals surface area contributed by atoms with Gasteiger partial charge in [0.15, 0.2) is 6.61 Å². The Labute approximate surface area is 171 Å². The minimum absolute atomic E-state index is 0.333. The van der Waals surface area contributed by atoms with Gasteiger partial charge in [-0.05, 0) is 76.1 Å². The third kappa shape index (κ3) is 4.74. The monoisotopic (exact) mass is 390 g/mol. The fourth-order valence-corrected chi connectivity index (χ4v) is 3.51. The standard InChI is InChI=1S/C24H26N2O3/c1-15-6-8-21(9-7-15)26-18(4)13-22(19(26)5)24(28)29-14-23(27)25-20-11-16(2)10-17(3)12-20/h6-13H,14H2,1-5H3,(H,25,27). The van der Waals surface area contributed by atoms with Gasteiger partial charge in [-0.1, -0.05) is 23.8 Å². The number of benzene rings is 2. The summed E-state index contributed by atoms with van der Waals surface area (Å²) in [7, 11) is 0. The van der Waals surface area contributed by atoms with Gasteiger partial charge in [-0.25, -0.2) is 4.79 Å². The lowest BCUT2D eigenvalue weighted by Crippen LogP contribution is -2.21. The van der Waals surface area contributed by atoms with Gasteiger partial charge in [0, 0.05) is 22.8 Å². The first kappa shape index (κ1) is 20.4. The van der Waals surface area contributed by atoms with Gasteiger partial charge in [-0.3, -0.25) is 4.79 Å². The van der Waals surface area contributed by atoms with Crippen molar-refractivity contribution in [2.24, 2.45) is 0 Å². The molecule has 3 aromatic rings. The Balaban J connectivity index is 1.69. The van der Waals surface area contributed by atoms with Gasteiger partial charge >= 0.3 is 5.97 Å². The number of rotatable bonds is 5. The fraction of sp³-hybridized carbons (Fsp3) is 0.250. The zero-order valence-corrected chi connectivity index (χ0v) is 17.5. The summed E-state index contributed by atoms with van der Waals surface area (Å²) in [5, 5.41) is 2.77. The molecule has 0 aliphatic rings. The van der Waals surface area contributed by atoms with Gasteiger partial charge < -0.3 is 14.6 Å². The molecule has 150 valence electrons. The number of amides is 1. The second-order valence-electron chi connectivity index (χ2n) is 7.46. The Bertz CT molecular complexity index is 1040. The Morgan fingerprint density at radius 2 is 1.48 bits per heavy atom. The number of nitrogens with zero attached hydrogens (tertiary/aromatic N) is 1. The van der Waals surface area contributed by atoms with Gasteiger partial charge in [-0.2, -0.15) is 0 Å². The SMILES string of the molecule is Cc1ccc(-n2c(C)cc(C(=O)OCC(=O)Nc3cc(C)cc(C)c3)c2C)cc1. The first-order valence-corrected chi connectivity index (χ1v) is 9.56. The van der Waals surface area contributed by atoms with Crippen molar-refractivity contribution in [3.05, 3.63) is 82.2 Å². The number of ether oxygens (including phenoxy) is 1. The van der Waals surface area contributed by atoms with Gasteiger partial charge in [0.25, 0.3) is 5.91 Å². The molecule has 1 aromatic heterocycles. The predicted octanol–water partition coefficient (Wildman–Crippen LogP) is 4.81. The Morgan fingerprint density at radius 3 is 2.10 bits per heavy atom. The van der Waals surface area contributed by atoms with Crippen LogP contribution >= 0.6 is 0 Å². The number of aromatic nitrogens is 1. The molecule has 5 heteroatoms. The van der Waals surface area contributed by atoms with E-state index in [0.29, 0.717) is 11.3 Å². The van der Waals surface area contributed by atoms with E-state index in [1.165, 1.54) is 5.56 Å². The topological polar surface area (TPSA) is 60.3 Å². The maximum Gasteiger partial charge on any atom is 0.340 e. The average molecular weight is 390 g/mol. The lowest BCUT2D eigenvalue weighted by atomic mass is 10.1. The summed E-state index contributed by atoms with van der Waals surface area (Å²) in [5.41, 5.74) is 7.14. The van der Waals surface area contributed by atoms with Crippen LogP contribution in [0.4, 0.5) is 5.69 Å². The number of esters is 1.